The number of benzene rings is 1. The van der Waals surface area contributed by atoms with Crippen LogP contribution in [0.1, 0.15) is 5.56 Å². The minimum absolute atomic E-state index is 0.00628. The molecule has 0 unspecified atom stereocenters. The summed E-state index contributed by atoms with van der Waals surface area (Å²) >= 11 is 17.8. The van der Waals surface area contributed by atoms with Gasteiger partial charge in [-0.05, 0) is 18.2 Å². The summed E-state index contributed by atoms with van der Waals surface area (Å²) in [6.07, 6.45) is 1.38. The Morgan fingerprint density at radius 2 is 1.78 bits per heavy atom. The van der Waals surface area contributed by atoms with Gasteiger partial charge in [-0.25, -0.2) is 4.39 Å². The van der Waals surface area contributed by atoms with Crippen molar-refractivity contribution in [3.63, 3.8) is 0 Å². The molecule has 0 atom stereocenters. The number of rotatable bonds is 2. The lowest BCUT2D eigenvalue weighted by Gasteiger charge is -2.09. The Bertz CT molecular complexity index is 581. The maximum atomic E-state index is 14.0. The normalized spacial score (nSPS) is 10.7. The highest BCUT2D eigenvalue weighted by molar-refractivity contribution is 6.41. The SMILES string of the molecule is OCc1ccnc(-c2c(Cl)cc(Cl)cc2Cl)c1F. The summed E-state index contributed by atoms with van der Waals surface area (Å²) in [5.74, 6) is -0.647. The van der Waals surface area contributed by atoms with E-state index in [4.69, 9.17) is 39.9 Å². The molecule has 6 heteroatoms. The van der Waals surface area contributed by atoms with Crippen LogP contribution in [-0.4, -0.2) is 10.1 Å². The Kier molecular flexibility index (Phi) is 4.07. The Morgan fingerprint density at radius 3 is 2.33 bits per heavy atom. The number of halogens is 4. The van der Waals surface area contributed by atoms with Gasteiger partial charge in [0.05, 0.1) is 16.7 Å². The zero-order valence-electron chi connectivity index (χ0n) is 8.92. The van der Waals surface area contributed by atoms with Gasteiger partial charge < -0.3 is 5.11 Å². The van der Waals surface area contributed by atoms with E-state index in [9.17, 15) is 4.39 Å². The van der Waals surface area contributed by atoms with E-state index in [1.807, 2.05) is 0 Å². The molecule has 2 aromatic rings. The smallest absolute Gasteiger partial charge is 0.155 e. The summed E-state index contributed by atoms with van der Waals surface area (Å²) in [6, 6.07) is 4.30. The van der Waals surface area contributed by atoms with Crippen LogP contribution in [0.15, 0.2) is 24.4 Å². The lowest BCUT2D eigenvalue weighted by molar-refractivity contribution is 0.275. The summed E-state index contributed by atoms with van der Waals surface area (Å²) in [5, 5.41) is 9.78. The summed E-state index contributed by atoms with van der Waals surface area (Å²) in [7, 11) is 0. The van der Waals surface area contributed by atoms with Gasteiger partial charge in [0.2, 0.25) is 0 Å². The van der Waals surface area contributed by atoms with Crippen LogP contribution in [0.5, 0.6) is 0 Å². The largest absolute Gasteiger partial charge is 0.392 e. The molecule has 1 heterocycles. The van der Waals surface area contributed by atoms with Crippen molar-refractivity contribution < 1.29 is 9.50 Å². The fraction of sp³-hybridized carbons (Fsp3) is 0.0833. The third kappa shape index (κ3) is 2.45. The molecule has 18 heavy (non-hydrogen) atoms. The first-order valence-electron chi connectivity index (χ1n) is 4.93. The van der Waals surface area contributed by atoms with Crippen LogP contribution in [-0.2, 0) is 6.61 Å². The van der Waals surface area contributed by atoms with Crippen LogP contribution < -0.4 is 0 Å². The molecule has 2 nitrogen and oxygen atoms in total. The minimum atomic E-state index is -0.647. The quantitative estimate of drug-likeness (QED) is 0.895. The number of nitrogens with zero attached hydrogens (tertiary/aromatic N) is 1. The van der Waals surface area contributed by atoms with Crippen LogP contribution in [0.4, 0.5) is 4.39 Å². The van der Waals surface area contributed by atoms with Gasteiger partial charge in [-0.3, -0.25) is 4.98 Å². The second-order valence-corrected chi connectivity index (χ2v) is 4.79. The van der Waals surface area contributed by atoms with Gasteiger partial charge in [0.25, 0.3) is 0 Å². The molecular weight excluding hydrogens is 299 g/mol. The van der Waals surface area contributed by atoms with Gasteiger partial charge in [0.1, 0.15) is 5.69 Å². The molecule has 0 spiro atoms. The first kappa shape index (κ1) is 13.6. The van der Waals surface area contributed by atoms with E-state index < -0.39 is 12.4 Å². The number of aliphatic hydroxyl groups excluding tert-OH is 1. The van der Waals surface area contributed by atoms with E-state index in [1.165, 1.54) is 24.4 Å². The molecule has 0 aliphatic rings. The molecule has 1 aromatic carbocycles. The third-order valence-corrected chi connectivity index (χ3v) is 3.20. The van der Waals surface area contributed by atoms with Gasteiger partial charge in [-0.1, -0.05) is 34.8 Å². The van der Waals surface area contributed by atoms with Crippen LogP contribution in [0.2, 0.25) is 15.1 Å². The average molecular weight is 307 g/mol. The zero-order valence-corrected chi connectivity index (χ0v) is 11.2. The maximum absolute atomic E-state index is 14.0. The Hall–Kier alpha value is -0.870. The Morgan fingerprint density at radius 1 is 1.17 bits per heavy atom. The monoisotopic (exact) mass is 305 g/mol. The number of aliphatic hydroxyl groups is 1. The van der Waals surface area contributed by atoms with Gasteiger partial charge in [0.15, 0.2) is 5.82 Å². The summed E-state index contributed by atoms with van der Waals surface area (Å²) in [6.45, 7) is -0.426. The van der Waals surface area contributed by atoms with E-state index in [2.05, 4.69) is 4.98 Å². The topological polar surface area (TPSA) is 33.1 Å². The fourth-order valence-corrected chi connectivity index (χ4v) is 2.54. The molecule has 0 aliphatic heterocycles. The molecule has 0 amide bonds. The molecule has 0 saturated carbocycles. The van der Waals surface area contributed by atoms with Crippen molar-refractivity contribution in [3.05, 3.63) is 50.8 Å². The van der Waals surface area contributed by atoms with Crippen LogP contribution in [0, 0.1) is 5.82 Å². The first-order valence-corrected chi connectivity index (χ1v) is 6.07. The fourth-order valence-electron chi connectivity index (χ4n) is 1.55. The molecule has 0 bridgehead atoms. The van der Waals surface area contributed by atoms with Gasteiger partial charge in [-0.15, -0.1) is 0 Å². The number of hydrogen-bond donors (Lipinski definition) is 1. The van der Waals surface area contributed by atoms with Crippen molar-refractivity contribution in [2.24, 2.45) is 0 Å². The second kappa shape index (κ2) is 5.41. The molecule has 1 N–H and O–H groups in total. The van der Waals surface area contributed by atoms with Crippen molar-refractivity contribution in [1.82, 2.24) is 4.98 Å². The highest BCUT2D eigenvalue weighted by atomic mass is 35.5. The van der Waals surface area contributed by atoms with Gasteiger partial charge >= 0.3 is 0 Å². The lowest BCUT2D eigenvalue weighted by atomic mass is 10.1. The molecule has 0 radical (unpaired) electrons. The predicted octanol–water partition coefficient (Wildman–Crippen LogP) is 4.34. The number of hydrogen-bond acceptors (Lipinski definition) is 2. The van der Waals surface area contributed by atoms with Crippen LogP contribution in [0.25, 0.3) is 11.3 Å². The summed E-state index contributed by atoms with van der Waals surface area (Å²) in [5.41, 5.74) is 0.380. The van der Waals surface area contributed by atoms with Crippen molar-refractivity contribution in [3.8, 4) is 11.3 Å². The van der Waals surface area contributed by atoms with E-state index in [0.717, 1.165) is 0 Å². The number of aromatic nitrogens is 1. The van der Waals surface area contributed by atoms with Crippen molar-refractivity contribution in [2.75, 3.05) is 0 Å². The average Bonchev–Trinajstić information content (AvgIpc) is 2.30. The van der Waals surface area contributed by atoms with E-state index in [0.29, 0.717) is 5.02 Å². The summed E-state index contributed by atoms with van der Waals surface area (Å²) in [4.78, 5) is 3.91. The second-order valence-electron chi connectivity index (χ2n) is 3.54. The molecule has 1 aromatic heterocycles. The Balaban J connectivity index is 2.70. The summed E-state index contributed by atoms with van der Waals surface area (Å²) < 4.78 is 14.0. The standard InChI is InChI=1S/C12H7Cl3FNO/c13-7-3-8(14)10(9(15)4-7)12-11(16)6(5-18)1-2-17-12/h1-4,18H,5H2. The first-order chi connectivity index (χ1) is 8.54. The van der Waals surface area contributed by atoms with Crippen LogP contribution >= 0.6 is 34.8 Å². The molecule has 94 valence electrons. The minimum Gasteiger partial charge on any atom is -0.392 e. The molecule has 2 rings (SSSR count). The van der Waals surface area contributed by atoms with Crippen LogP contribution in [0.3, 0.4) is 0 Å². The lowest BCUT2D eigenvalue weighted by Crippen LogP contribution is -1.97. The van der Waals surface area contributed by atoms with Gasteiger partial charge in [-0.2, -0.15) is 0 Å². The van der Waals surface area contributed by atoms with E-state index in [-0.39, 0.29) is 26.9 Å². The molecular formula is C12H7Cl3FNO. The van der Waals surface area contributed by atoms with E-state index >= 15 is 0 Å². The highest BCUT2D eigenvalue weighted by Crippen LogP contribution is 2.37. The van der Waals surface area contributed by atoms with Crippen molar-refractivity contribution >= 4 is 34.8 Å². The Labute approximate surface area is 118 Å². The third-order valence-electron chi connectivity index (χ3n) is 2.38. The van der Waals surface area contributed by atoms with Crippen molar-refractivity contribution in [1.29, 1.82) is 0 Å². The molecule has 0 fully saturated rings. The molecule has 0 saturated heterocycles. The molecule has 0 aliphatic carbocycles. The predicted molar refractivity (Wildman–Crippen MR) is 70.6 cm³/mol. The number of pyridine rings is 1. The van der Waals surface area contributed by atoms with Crippen molar-refractivity contribution in [2.45, 2.75) is 6.61 Å². The zero-order chi connectivity index (χ0) is 13.3. The van der Waals surface area contributed by atoms with Gasteiger partial charge in [0, 0.05) is 22.3 Å². The van der Waals surface area contributed by atoms with E-state index in [1.54, 1.807) is 0 Å². The highest BCUT2D eigenvalue weighted by Gasteiger charge is 2.17. The maximum Gasteiger partial charge on any atom is 0.155 e.